The number of nitrogens with zero attached hydrogens (tertiary/aromatic N) is 1. The van der Waals surface area contributed by atoms with Gasteiger partial charge in [-0.1, -0.05) is 30.3 Å². The van der Waals surface area contributed by atoms with Crippen molar-refractivity contribution in [2.75, 3.05) is 0 Å². The van der Waals surface area contributed by atoms with Gasteiger partial charge < -0.3 is 4.74 Å². The lowest BCUT2D eigenvalue weighted by Gasteiger charge is -2.22. The molecule has 3 heteroatoms. The van der Waals surface area contributed by atoms with Crippen LogP contribution in [0.3, 0.4) is 0 Å². The van der Waals surface area contributed by atoms with Crippen LogP contribution >= 0.6 is 0 Å². The van der Waals surface area contributed by atoms with Crippen molar-refractivity contribution in [3.63, 3.8) is 0 Å². The van der Waals surface area contributed by atoms with Crippen molar-refractivity contribution in [3.8, 4) is 0 Å². The van der Waals surface area contributed by atoms with Gasteiger partial charge in [0.05, 0.1) is 0 Å². The summed E-state index contributed by atoms with van der Waals surface area (Å²) in [5, 5.41) is 0. The molecule has 0 unspecified atom stereocenters. The second-order valence-electron chi connectivity index (χ2n) is 7.68. The van der Waals surface area contributed by atoms with Crippen LogP contribution in [0.4, 0.5) is 4.79 Å². The molecule has 3 rings (SSSR count). The third-order valence-electron chi connectivity index (χ3n) is 4.65. The first kappa shape index (κ1) is 16.8. The summed E-state index contributed by atoms with van der Waals surface area (Å²) in [7, 11) is 0. The molecule has 0 aliphatic heterocycles. The van der Waals surface area contributed by atoms with Crippen molar-refractivity contribution in [3.05, 3.63) is 58.4 Å². The SMILES string of the molecule is Cc1c2c(n(C(=O)OC(C)(C)C)c1Cc1ccccc1)CCCC2. The van der Waals surface area contributed by atoms with E-state index in [-0.39, 0.29) is 6.09 Å². The Morgan fingerprint density at radius 1 is 1.12 bits per heavy atom. The average Bonchev–Trinajstić information content (AvgIpc) is 2.80. The Hall–Kier alpha value is -2.03. The Bertz CT molecular complexity index is 735. The Balaban J connectivity index is 2.06. The smallest absolute Gasteiger partial charge is 0.418 e. The fraction of sp³-hybridized carbons (Fsp3) is 0.476. The van der Waals surface area contributed by atoms with Gasteiger partial charge in [0, 0.05) is 17.8 Å². The molecule has 1 aliphatic rings. The maximum absolute atomic E-state index is 12.9. The van der Waals surface area contributed by atoms with Gasteiger partial charge in [-0.15, -0.1) is 0 Å². The topological polar surface area (TPSA) is 31.2 Å². The van der Waals surface area contributed by atoms with Gasteiger partial charge in [0.25, 0.3) is 0 Å². The number of carbonyl (C=O) groups excluding carboxylic acids is 1. The van der Waals surface area contributed by atoms with E-state index < -0.39 is 5.60 Å². The summed E-state index contributed by atoms with van der Waals surface area (Å²) in [6.45, 7) is 7.92. The van der Waals surface area contributed by atoms with Crippen LogP contribution in [0.25, 0.3) is 0 Å². The van der Waals surface area contributed by atoms with E-state index in [9.17, 15) is 4.79 Å². The Morgan fingerprint density at radius 2 is 1.79 bits per heavy atom. The van der Waals surface area contributed by atoms with E-state index in [0.717, 1.165) is 31.4 Å². The number of benzene rings is 1. The molecule has 0 saturated heterocycles. The summed E-state index contributed by atoms with van der Waals surface area (Å²) in [5.41, 5.74) is 5.61. The Kier molecular flexibility index (Phi) is 4.53. The molecule has 1 heterocycles. The maximum atomic E-state index is 12.9. The minimum atomic E-state index is -0.485. The fourth-order valence-corrected chi connectivity index (χ4v) is 3.57. The molecule has 0 bridgehead atoms. The highest BCUT2D eigenvalue weighted by atomic mass is 16.6. The van der Waals surface area contributed by atoms with Crippen molar-refractivity contribution < 1.29 is 9.53 Å². The first-order chi connectivity index (χ1) is 11.4. The molecule has 3 nitrogen and oxygen atoms in total. The van der Waals surface area contributed by atoms with Gasteiger partial charge in [-0.2, -0.15) is 0 Å². The molecule has 24 heavy (non-hydrogen) atoms. The molecular weight excluding hydrogens is 298 g/mol. The first-order valence-electron chi connectivity index (χ1n) is 8.86. The summed E-state index contributed by atoms with van der Waals surface area (Å²) in [4.78, 5) is 12.9. The lowest BCUT2D eigenvalue weighted by Crippen LogP contribution is -2.29. The number of ether oxygens (including phenoxy) is 1. The standard InChI is InChI=1S/C21H27NO2/c1-15-17-12-8-9-13-18(17)22(20(23)24-21(2,3)4)19(15)14-16-10-6-5-7-11-16/h5-7,10-11H,8-9,12-14H2,1-4H3. The van der Waals surface area contributed by atoms with Gasteiger partial charge in [0.15, 0.2) is 0 Å². The monoisotopic (exact) mass is 325 g/mol. The molecular formula is C21H27NO2. The van der Waals surface area contributed by atoms with Crippen LogP contribution < -0.4 is 0 Å². The summed E-state index contributed by atoms with van der Waals surface area (Å²) < 4.78 is 7.57. The summed E-state index contributed by atoms with van der Waals surface area (Å²) in [6.07, 6.45) is 4.91. The fourth-order valence-electron chi connectivity index (χ4n) is 3.57. The van der Waals surface area contributed by atoms with Crippen LogP contribution in [0.5, 0.6) is 0 Å². The predicted molar refractivity (Wildman–Crippen MR) is 96.7 cm³/mol. The van der Waals surface area contributed by atoms with E-state index in [1.54, 1.807) is 0 Å². The quantitative estimate of drug-likeness (QED) is 0.773. The summed E-state index contributed by atoms with van der Waals surface area (Å²) in [6, 6.07) is 10.3. The Labute approximate surface area is 144 Å². The molecule has 0 N–H and O–H groups in total. The van der Waals surface area contributed by atoms with E-state index >= 15 is 0 Å². The highest BCUT2D eigenvalue weighted by Crippen LogP contribution is 2.31. The second-order valence-corrected chi connectivity index (χ2v) is 7.68. The maximum Gasteiger partial charge on any atom is 0.418 e. The zero-order valence-electron chi connectivity index (χ0n) is 15.2. The van der Waals surface area contributed by atoms with E-state index in [2.05, 4.69) is 19.1 Å². The Morgan fingerprint density at radius 3 is 2.46 bits per heavy atom. The van der Waals surface area contributed by atoms with Crippen LogP contribution in [-0.4, -0.2) is 16.3 Å². The van der Waals surface area contributed by atoms with Crippen molar-refractivity contribution >= 4 is 6.09 Å². The lowest BCUT2D eigenvalue weighted by atomic mass is 9.94. The first-order valence-corrected chi connectivity index (χ1v) is 8.86. The number of hydrogen-bond acceptors (Lipinski definition) is 2. The molecule has 0 fully saturated rings. The third kappa shape index (κ3) is 3.40. The van der Waals surface area contributed by atoms with Crippen molar-refractivity contribution in [2.45, 2.75) is 65.4 Å². The van der Waals surface area contributed by atoms with E-state index in [1.165, 1.54) is 28.8 Å². The number of rotatable bonds is 2. The lowest BCUT2D eigenvalue weighted by molar-refractivity contribution is 0.0528. The van der Waals surface area contributed by atoms with Gasteiger partial charge in [0.1, 0.15) is 5.60 Å². The molecule has 0 atom stereocenters. The van der Waals surface area contributed by atoms with E-state index in [1.807, 2.05) is 43.5 Å². The van der Waals surface area contributed by atoms with Crippen LogP contribution in [0, 0.1) is 6.92 Å². The molecule has 0 amide bonds. The van der Waals surface area contributed by atoms with Gasteiger partial charge in [0.2, 0.25) is 0 Å². The number of hydrogen-bond donors (Lipinski definition) is 0. The minimum absolute atomic E-state index is 0.236. The highest BCUT2D eigenvalue weighted by molar-refractivity contribution is 5.75. The molecule has 2 aromatic rings. The van der Waals surface area contributed by atoms with Gasteiger partial charge in [-0.25, -0.2) is 4.79 Å². The number of carbonyl (C=O) groups is 1. The third-order valence-corrected chi connectivity index (χ3v) is 4.65. The van der Waals surface area contributed by atoms with Crippen molar-refractivity contribution in [1.29, 1.82) is 0 Å². The van der Waals surface area contributed by atoms with Crippen LogP contribution in [0.2, 0.25) is 0 Å². The van der Waals surface area contributed by atoms with Crippen LogP contribution in [0.1, 0.15) is 61.7 Å². The molecule has 128 valence electrons. The van der Waals surface area contributed by atoms with Gasteiger partial charge in [-0.05, 0) is 70.1 Å². The van der Waals surface area contributed by atoms with E-state index in [4.69, 9.17) is 4.74 Å². The number of aromatic nitrogens is 1. The number of fused-ring (bicyclic) bond motifs is 1. The molecule has 0 saturated carbocycles. The molecule has 1 aliphatic carbocycles. The highest BCUT2D eigenvalue weighted by Gasteiger charge is 2.28. The van der Waals surface area contributed by atoms with Crippen LogP contribution in [0.15, 0.2) is 30.3 Å². The minimum Gasteiger partial charge on any atom is -0.443 e. The molecule has 0 radical (unpaired) electrons. The van der Waals surface area contributed by atoms with Crippen LogP contribution in [-0.2, 0) is 24.0 Å². The van der Waals surface area contributed by atoms with Crippen molar-refractivity contribution in [2.24, 2.45) is 0 Å². The van der Waals surface area contributed by atoms with Gasteiger partial charge in [-0.3, -0.25) is 4.57 Å². The average molecular weight is 325 g/mol. The zero-order valence-corrected chi connectivity index (χ0v) is 15.2. The van der Waals surface area contributed by atoms with Gasteiger partial charge >= 0.3 is 6.09 Å². The predicted octanol–water partition coefficient (Wildman–Crippen LogP) is 5.05. The summed E-state index contributed by atoms with van der Waals surface area (Å²) >= 11 is 0. The second kappa shape index (κ2) is 6.46. The largest absolute Gasteiger partial charge is 0.443 e. The molecule has 1 aromatic heterocycles. The van der Waals surface area contributed by atoms with E-state index in [0.29, 0.717) is 0 Å². The molecule has 1 aromatic carbocycles. The normalized spacial score (nSPS) is 14.3. The molecule has 0 spiro atoms. The zero-order chi connectivity index (χ0) is 17.3. The summed E-state index contributed by atoms with van der Waals surface area (Å²) in [5.74, 6) is 0. The van der Waals surface area contributed by atoms with Crippen molar-refractivity contribution in [1.82, 2.24) is 4.57 Å².